The summed E-state index contributed by atoms with van der Waals surface area (Å²) in [5.41, 5.74) is 1.11. The Bertz CT molecular complexity index is 434. The number of rotatable bonds is 7. The molecule has 0 fully saturated rings. The number of aromatic amines is 1. The summed E-state index contributed by atoms with van der Waals surface area (Å²) in [5.74, 6) is 0.572. The van der Waals surface area contributed by atoms with Gasteiger partial charge in [0.25, 0.3) is 0 Å². The van der Waals surface area contributed by atoms with Crippen molar-refractivity contribution in [3.63, 3.8) is 0 Å². The van der Waals surface area contributed by atoms with Crippen molar-refractivity contribution in [2.24, 2.45) is 0 Å². The smallest absolute Gasteiger partial charge is 0.165 e. The lowest BCUT2D eigenvalue weighted by Crippen LogP contribution is -2.18. The van der Waals surface area contributed by atoms with Crippen LogP contribution in [0.5, 0.6) is 0 Å². The summed E-state index contributed by atoms with van der Waals surface area (Å²) >= 11 is 1.48. The first-order valence-corrected chi connectivity index (χ1v) is 6.75. The van der Waals surface area contributed by atoms with Gasteiger partial charge in [0.2, 0.25) is 0 Å². The zero-order valence-corrected chi connectivity index (χ0v) is 10.8. The number of aromatic nitrogens is 2. The molecule has 4 nitrogen and oxygen atoms in total. The molecule has 0 bridgehead atoms. The van der Waals surface area contributed by atoms with Gasteiger partial charge in [-0.15, -0.1) is 0 Å². The molecular formula is C13H16N2O2S. The monoisotopic (exact) mass is 264 g/mol. The second-order valence-electron chi connectivity index (χ2n) is 3.86. The molecule has 0 radical (unpaired) electrons. The Kier molecular flexibility index (Phi) is 5.26. The van der Waals surface area contributed by atoms with E-state index in [2.05, 4.69) is 9.97 Å². The fraction of sp³-hybridized carbons (Fsp3) is 0.308. The summed E-state index contributed by atoms with van der Waals surface area (Å²) in [7, 11) is 0. The summed E-state index contributed by atoms with van der Waals surface area (Å²) in [6.45, 7) is 0.867. The number of ether oxygens (including phenoxy) is 1. The topological polar surface area (TPSA) is 58.1 Å². The summed E-state index contributed by atoms with van der Waals surface area (Å²) in [6, 6.07) is 9.93. The first-order valence-electron chi connectivity index (χ1n) is 5.76. The van der Waals surface area contributed by atoms with E-state index in [-0.39, 0.29) is 0 Å². The first kappa shape index (κ1) is 13.1. The molecule has 0 saturated carbocycles. The van der Waals surface area contributed by atoms with Gasteiger partial charge in [-0.2, -0.15) is 0 Å². The van der Waals surface area contributed by atoms with Crippen molar-refractivity contribution in [3.05, 3.63) is 48.3 Å². The molecule has 0 aliphatic rings. The van der Waals surface area contributed by atoms with E-state index in [1.807, 2.05) is 30.3 Å². The average molecular weight is 264 g/mol. The first-order chi connectivity index (χ1) is 8.84. The predicted molar refractivity (Wildman–Crippen MR) is 71.4 cm³/mol. The molecule has 2 rings (SSSR count). The van der Waals surface area contributed by atoms with Gasteiger partial charge in [-0.05, 0) is 5.56 Å². The van der Waals surface area contributed by atoms with Gasteiger partial charge >= 0.3 is 0 Å². The number of H-pyrrole nitrogens is 1. The third-order valence-electron chi connectivity index (χ3n) is 2.31. The number of thioether (sulfide) groups is 1. The Morgan fingerprint density at radius 1 is 1.33 bits per heavy atom. The van der Waals surface area contributed by atoms with Gasteiger partial charge < -0.3 is 14.8 Å². The van der Waals surface area contributed by atoms with Crippen LogP contribution in [0.3, 0.4) is 0 Å². The zero-order valence-electron chi connectivity index (χ0n) is 9.95. The molecule has 1 atom stereocenters. The molecule has 0 amide bonds. The SMILES string of the molecule is OC(COCc1ccccc1)CSc1ncc[nH]1. The number of benzene rings is 1. The number of aliphatic hydroxyl groups excluding tert-OH is 1. The minimum atomic E-state index is -0.483. The number of hydrogen-bond acceptors (Lipinski definition) is 4. The van der Waals surface area contributed by atoms with E-state index in [0.717, 1.165) is 10.7 Å². The van der Waals surface area contributed by atoms with Gasteiger partial charge in [0, 0.05) is 18.1 Å². The molecule has 18 heavy (non-hydrogen) atoms. The predicted octanol–water partition coefficient (Wildman–Crippen LogP) is 2.08. The standard InChI is InChI=1S/C13H16N2O2S/c16-12(10-18-13-14-6-7-15-13)9-17-8-11-4-2-1-3-5-11/h1-7,12,16H,8-10H2,(H,14,15). The number of nitrogens with one attached hydrogen (secondary N) is 1. The highest BCUT2D eigenvalue weighted by Gasteiger charge is 2.06. The molecule has 0 aliphatic carbocycles. The summed E-state index contributed by atoms with van der Waals surface area (Å²) < 4.78 is 5.46. The fourth-order valence-electron chi connectivity index (χ4n) is 1.44. The fourth-order valence-corrected chi connectivity index (χ4v) is 2.17. The van der Waals surface area contributed by atoms with Crippen LogP contribution < -0.4 is 0 Å². The van der Waals surface area contributed by atoms with Crippen LogP contribution in [-0.4, -0.2) is 33.5 Å². The van der Waals surface area contributed by atoms with E-state index < -0.39 is 6.10 Å². The van der Waals surface area contributed by atoms with Gasteiger partial charge in [-0.25, -0.2) is 4.98 Å². The van der Waals surface area contributed by atoms with Crippen LogP contribution in [0.2, 0.25) is 0 Å². The second kappa shape index (κ2) is 7.20. The van der Waals surface area contributed by atoms with E-state index in [0.29, 0.717) is 19.0 Å². The molecule has 1 aromatic heterocycles. The van der Waals surface area contributed by atoms with Crippen molar-refractivity contribution in [1.82, 2.24) is 9.97 Å². The van der Waals surface area contributed by atoms with Crippen LogP contribution >= 0.6 is 11.8 Å². The molecule has 0 spiro atoms. The molecule has 0 aliphatic heterocycles. The van der Waals surface area contributed by atoms with Gasteiger partial charge in [-0.1, -0.05) is 42.1 Å². The maximum atomic E-state index is 9.74. The number of hydrogen-bond donors (Lipinski definition) is 2. The summed E-state index contributed by atoms with van der Waals surface area (Å²) in [6.07, 6.45) is 2.98. The van der Waals surface area contributed by atoms with Crippen molar-refractivity contribution < 1.29 is 9.84 Å². The van der Waals surface area contributed by atoms with Gasteiger partial charge in [0.15, 0.2) is 5.16 Å². The molecule has 2 aromatic rings. The van der Waals surface area contributed by atoms with Gasteiger partial charge in [0.1, 0.15) is 0 Å². The third-order valence-corrected chi connectivity index (χ3v) is 3.36. The largest absolute Gasteiger partial charge is 0.390 e. The Morgan fingerprint density at radius 3 is 2.89 bits per heavy atom. The third kappa shape index (κ3) is 4.52. The molecule has 5 heteroatoms. The van der Waals surface area contributed by atoms with E-state index in [4.69, 9.17) is 4.74 Å². The van der Waals surface area contributed by atoms with Crippen molar-refractivity contribution >= 4 is 11.8 Å². The highest BCUT2D eigenvalue weighted by atomic mass is 32.2. The Labute approximate surface area is 110 Å². The van der Waals surface area contributed by atoms with Crippen molar-refractivity contribution in [2.45, 2.75) is 17.9 Å². The van der Waals surface area contributed by atoms with Crippen LogP contribution in [0.4, 0.5) is 0 Å². The van der Waals surface area contributed by atoms with Crippen LogP contribution in [-0.2, 0) is 11.3 Å². The average Bonchev–Trinajstić information content (AvgIpc) is 2.91. The molecule has 0 saturated heterocycles. The molecule has 1 aromatic carbocycles. The van der Waals surface area contributed by atoms with E-state index in [1.54, 1.807) is 12.4 Å². The Hall–Kier alpha value is -1.30. The lowest BCUT2D eigenvalue weighted by molar-refractivity contribution is 0.0398. The van der Waals surface area contributed by atoms with Crippen LogP contribution in [0, 0.1) is 0 Å². The van der Waals surface area contributed by atoms with E-state index in [1.165, 1.54) is 11.8 Å². The molecule has 96 valence electrons. The van der Waals surface area contributed by atoms with E-state index in [9.17, 15) is 5.11 Å². The highest BCUT2D eigenvalue weighted by Crippen LogP contribution is 2.13. The molecule has 2 N–H and O–H groups in total. The Balaban J connectivity index is 1.61. The minimum absolute atomic E-state index is 0.336. The number of aliphatic hydroxyl groups is 1. The lowest BCUT2D eigenvalue weighted by Gasteiger charge is -2.10. The molecule has 1 unspecified atom stereocenters. The Morgan fingerprint density at radius 2 is 2.17 bits per heavy atom. The normalized spacial score (nSPS) is 12.5. The molecule has 1 heterocycles. The summed E-state index contributed by atoms with van der Waals surface area (Å²) in [5, 5.41) is 10.6. The van der Waals surface area contributed by atoms with Crippen molar-refractivity contribution in [1.29, 1.82) is 0 Å². The van der Waals surface area contributed by atoms with E-state index >= 15 is 0 Å². The highest BCUT2D eigenvalue weighted by molar-refractivity contribution is 7.99. The minimum Gasteiger partial charge on any atom is -0.390 e. The van der Waals surface area contributed by atoms with Gasteiger partial charge in [-0.3, -0.25) is 0 Å². The lowest BCUT2D eigenvalue weighted by atomic mass is 10.2. The van der Waals surface area contributed by atoms with Crippen LogP contribution in [0.1, 0.15) is 5.56 Å². The maximum absolute atomic E-state index is 9.74. The second-order valence-corrected chi connectivity index (χ2v) is 4.87. The molecular weight excluding hydrogens is 248 g/mol. The quantitative estimate of drug-likeness (QED) is 0.752. The number of imidazole rings is 1. The van der Waals surface area contributed by atoms with Crippen molar-refractivity contribution in [3.8, 4) is 0 Å². The number of nitrogens with zero attached hydrogens (tertiary/aromatic N) is 1. The van der Waals surface area contributed by atoms with Crippen LogP contribution in [0.25, 0.3) is 0 Å². The maximum Gasteiger partial charge on any atom is 0.165 e. The summed E-state index contributed by atoms with van der Waals surface area (Å²) in [4.78, 5) is 7.05. The van der Waals surface area contributed by atoms with Crippen LogP contribution in [0.15, 0.2) is 47.9 Å². The van der Waals surface area contributed by atoms with Gasteiger partial charge in [0.05, 0.1) is 19.3 Å². The van der Waals surface area contributed by atoms with Crippen molar-refractivity contribution in [2.75, 3.05) is 12.4 Å². The zero-order chi connectivity index (χ0) is 12.6.